The van der Waals surface area contributed by atoms with Crippen LogP contribution in [0.3, 0.4) is 0 Å². The lowest BCUT2D eigenvalue weighted by atomic mass is 9.81. The van der Waals surface area contributed by atoms with Crippen molar-refractivity contribution in [3.63, 3.8) is 0 Å². The number of rotatable bonds is 32. The summed E-state index contributed by atoms with van der Waals surface area (Å²) in [5, 5.41) is 62.6. The highest BCUT2D eigenvalue weighted by Gasteiger charge is 2.50. The van der Waals surface area contributed by atoms with Crippen molar-refractivity contribution in [1.82, 2.24) is 50.4 Å². The van der Waals surface area contributed by atoms with Gasteiger partial charge in [0.15, 0.2) is 11.5 Å². The first kappa shape index (κ1) is 67.2. The fraction of sp³-hybridized carbons (Fsp3) is 0.597. The number of pyridine rings is 2. The van der Waals surface area contributed by atoms with Crippen LogP contribution in [0, 0.1) is 17.8 Å². The summed E-state index contributed by atoms with van der Waals surface area (Å²) in [6.45, 7) is 11.4. The number of aromatic nitrogens is 6. The number of fused-ring (bicyclic) bond motifs is 5. The van der Waals surface area contributed by atoms with Crippen molar-refractivity contribution in [2.24, 2.45) is 23.5 Å². The van der Waals surface area contributed by atoms with Crippen LogP contribution < -0.4 is 38.3 Å². The van der Waals surface area contributed by atoms with E-state index in [4.69, 9.17) is 40.1 Å². The van der Waals surface area contributed by atoms with Crippen LogP contribution in [0.4, 0.5) is 5.69 Å². The first-order chi connectivity index (χ1) is 42.4. The fourth-order valence-electron chi connectivity index (χ4n) is 11.9. The molecule has 89 heavy (non-hydrogen) atoms. The average Bonchev–Trinajstić information content (AvgIpc) is 1.68. The molecular weight excluding hydrogens is 1150 g/mol. The molecule has 5 aromatic rings. The van der Waals surface area contributed by atoms with Gasteiger partial charge in [-0.25, -0.2) is 9.78 Å². The van der Waals surface area contributed by atoms with Gasteiger partial charge in [0.2, 0.25) is 29.5 Å². The van der Waals surface area contributed by atoms with Crippen LogP contribution in [-0.4, -0.2) is 142 Å². The molecule has 8 rings (SSSR count). The van der Waals surface area contributed by atoms with Crippen LogP contribution in [0.1, 0.15) is 141 Å². The molecule has 3 aliphatic rings. The molecule has 1 saturated carbocycles. The van der Waals surface area contributed by atoms with E-state index in [1.54, 1.807) is 46.6 Å². The molecule has 0 spiro atoms. The number of aliphatic hydroxyl groups excluding tert-OH is 1. The van der Waals surface area contributed by atoms with E-state index in [9.17, 15) is 49.2 Å². The fourth-order valence-corrected chi connectivity index (χ4v) is 11.9. The number of aromatic hydroxyl groups is 3. The molecule has 5 unspecified atom stereocenters. The normalized spacial score (nSPS) is 18.6. The van der Waals surface area contributed by atoms with E-state index in [0.29, 0.717) is 93.8 Å². The number of ether oxygens (including phenoxy) is 5. The largest absolute Gasteiger partial charge is 0.508 e. The van der Waals surface area contributed by atoms with Gasteiger partial charge in [0, 0.05) is 53.7 Å². The van der Waals surface area contributed by atoms with Crippen molar-refractivity contribution < 1.29 is 68.1 Å². The zero-order valence-corrected chi connectivity index (χ0v) is 52.0. The van der Waals surface area contributed by atoms with Gasteiger partial charge in [-0.3, -0.25) is 33.2 Å². The number of nitrogens with one attached hydrogen (secondary N) is 4. The van der Waals surface area contributed by atoms with E-state index in [1.165, 1.54) is 10.6 Å². The van der Waals surface area contributed by atoms with Gasteiger partial charge >= 0.3 is 5.97 Å². The lowest BCUT2D eigenvalue weighted by molar-refractivity contribution is -0.314. The Morgan fingerprint density at radius 1 is 0.944 bits per heavy atom. The Morgan fingerprint density at radius 2 is 1.70 bits per heavy atom. The van der Waals surface area contributed by atoms with E-state index in [-0.39, 0.29) is 103 Å². The molecule has 12 N–H and O–H groups in total. The molecule has 5 atom stereocenters. The van der Waals surface area contributed by atoms with Crippen LogP contribution in [-0.2, 0) is 92.5 Å². The molecule has 4 amide bonds. The van der Waals surface area contributed by atoms with Crippen molar-refractivity contribution in [3.05, 3.63) is 74.8 Å². The highest BCUT2D eigenvalue weighted by Crippen LogP contribution is 2.43. The topological polar surface area (TPSA) is 383 Å². The number of hydrogen-bond donors (Lipinski definition) is 10. The minimum atomic E-state index is -2.04. The van der Waals surface area contributed by atoms with Crippen molar-refractivity contribution in [2.75, 3.05) is 38.7 Å². The number of nitrogens with zero attached hydrogens (tertiary/aromatic N) is 6. The lowest BCUT2D eigenvalue weighted by Crippen LogP contribution is -2.53. The Balaban J connectivity index is 0.746. The number of esters is 1. The second-order valence-corrected chi connectivity index (χ2v) is 24.5. The van der Waals surface area contributed by atoms with E-state index >= 15 is 0 Å². The van der Waals surface area contributed by atoms with Crippen molar-refractivity contribution in [2.45, 2.75) is 188 Å². The minimum Gasteiger partial charge on any atom is -0.508 e. The predicted molar refractivity (Wildman–Crippen MR) is 325 cm³/mol. The second-order valence-electron chi connectivity index (χ2n) is 24.5. The van der Waals surface area contributed by atoms with Crippen LogP contribution >= 0.6 is 0 Å². The van der Waals surface area contributed by atoms with Gasteiger partial charge in [-0.2, -0.15) is 0 Å². The van der Waals surface area contributed by atoms with E-state index in [2.05, 4.69) is 31.6 Å². The van der Waals surface area contributed by atoms with Gasteiger partial charge < -0.3 is 81.4 Å². The molecule has 27 nitrogen and oxygen atoms in total. The quantitative estimate of drug-likeness (QED) is 0.0163. The molecule has 0 radical (unpaired) electrons. The number of nitrogens with two attached hydrogens (primary N) is 2. The van der Waals surface area contributed by atoms with Crippen molar-refractivity contribution >= 4 is 46.2 Å². The first-order valence-electron chi connectivity index (χ1n) is 30.8. The number of hydrogen-bond acceptors (Lipinski definition) is 20. The zero-order chi connectivity index (χ0) is 64.3. The van der Waals surface area contributed by atoms with Gasteiger partial charge in [0.25, 0.3) is 12.0 Å². The number of phenols is 1. The predicted octanol–water partition coefficient (Wildman–Crippen LogP) is 3.73. The summed E-state index contributed by atoms with van der Waals surface area (Å²) in [4.78, 5) is 86.1. The number of carbonyl (C=O) groups is 5. The molecule has 1 fully saturated rings. The summed E-state index contributed by atoms with van der Waals surface area (Å²) in [6, 6.07) is 6.16. The Morgan fingerprint density at radius 3 is 2.39 bits per heavy atom. The third kappa shape index (κ3) is 16.4. The van der Waals surface area contributed by atoms with Gasteiger partial charge in [-0.15, -0.1) is 5.10 Å². The number of cyclic esters (lactones) is 1. The van der Waals surface area contributed by atoms with Gasteiger partial charge in [-0.05, 0) is 140 Å². The Kier molecular flexibility index (Phi) is 22.5. The number of carbonyl (C=O) groups excluding carboxylic acids is 5. The Bertz CT molecular complexity index is 3390. The van der Waals surface area contributed by atoms with E-state index in [1.807, 2.05) is 41.5 Å². The molecule has 6 heterocycles. The second kappa shape index (κ2) is 29.7. The summed E-state index contributed by atoms with van der Waals surface area (Å²) in [6.07, 6.45) is 7.52. The highest BCUT2D eigenvalue weighted by molar-refractivity contribution is 5.90. The lowest BCUT2D eigenvalue weighted by Gasteiger charge is -2.37. The Hall–Kier alpha value is -7.69. The van der Waals surface area contributed by atoms with Crippen molar-refractivity contribution in [1.29, 1.82) is 0 Å². The smallest absolute Gasteiger partial charge is 0.343 e. The minimum absolute atomic E-state index is 0.0472. The van der Waals surface area contributed by atoms with Crippen LogP contribution in [0.5, 0.6) is 17.5 Å². The maximum atomic E-state index is 14.2. The van der Waals surface area contributed by atoms with Gasteiger partial charge in [0.1, 0.15) is 37.3 Å². The molecule has 27 heteroatoms. The molecule has 486 valence electrons. The summed E-state index contributed by atoms with van der Waals surface area (Å²) in [7, 11) is 0. The van der Waals surface area contributed by atoms with Gasteiger partial charge in [-0.1, -0.05) is 32.9 Å². The average molecular weight is 1240 g/mol. The third-order valence-corrected chi connectivity index (χ3v) is 17.2. The van der Waals surface area contributed by atoms with E-state index in [0.717, 1.165) is 29.4 Å². The van der Waals surface area contributed by atoms with Crippen LogP contribution in [0.25, 0.3) is 22.3 Å². The maximum Gasteiger partial charge on any atom is 0.343 e. The number of anilines is 1. The molecule has 1 aromatic carbocycles. The summed E-state index contributed by atoms with van der Waals surface area (Å²) in [5.41, 5.74) is 13.0. The zero-order valence-electron chi connectivity index (χ0n) is 52.0. The highest BCUT2D eigenvalue weighted by atomic mass is 16.8. The first-order valence-corrected chi connectivity index (χ1v) is 30.8. The molecule has 0 saturated heterocycles. The molecule has 4 aromatic heterocycles. The standard InChI is InChI=1S/C62H88N12O15/c1-8-41-42-24-40(75)17-18-47(42)67-54-43(41)30-73-50(54)25-45-44(57(73)81)31-87-59(83)62(45,9-2)89-60(84)88-32-49(35(3)4)68-56(80)48(12-10-11-21-63)66-51(76)33-85-34-52(77)69-61(6,7)20-23-86-36(5)19-22-72-29-39(70-71-72)27-65-55(79)38-15-13-37(14-16-38)28-74-53(78)26-46(64)58(74)82/h17-18,24-26,29,35-38,48-49,60,75,78,82,84H,8-16,19-23,27-28,30-34,63-64H2,1-7H3,(H,65,79)(H,66,76)(H,68,80)(H,69,77). The number of nitrogen functional groups attached to an aromatic ring is 1. The number of phenolic OH excluding ortho intramolecular Hbond substituents is 1. The summed E-state index contributed by atoms with van der Waals surface area (Å²) in [5.74, 6) is -2.85. The SMILES string of the molecule is CCc1c2c(nc3ccc(O)cc13)-c1cc3c(c(=O)n1C2)COC(=O)C3(CC)OC(O)OCC(NC(=O)C(CCCCN)NC(=O)COCC(=O)NC(C)(C)CCOC(C)CCn1cc(CNC(=O)C2CCC(Cn3c(O)cc(N)c3O)CC2)nn1)C(C)C. The van der Waals surface area contributed by atoms with Gasteiger partial charge in [0.05, 0.1) is 66.2 Å². The van der Waals surface area contributed by atoms with Crippen molar-refractivity contribution in [3.8, 4) is 28.9 Å². The van der Waals surface area contributed by atoms with Crippen LogP contribution in [0.15, 0.2) is 41.3 Å². The summed E-state index contributed by atoms with van der Waals surface area (Å²) < 4.78 is 33.7. The molecular formula is C62H88N12O15. The third-order valence-electron chi connectivity index (χ3n) is 17.2. The Labute approximate surface area is 516 Å². The number of benzene rings is 1. The van der Waals surface area contributed by atoms with E-state index < -0.39 is 72.2 Å². The molecule has 0 bridgehead atoms. The maximum absolute atomic E-state index is 14.2. The molecule has 2 aliphatic heterocycles. The van der Waals surface area contributed by atoms with Crippen LogP contribution in [0.2, 0.25) is 0 Å². The number of aryl methyl sites for hydroxylation is 2. The number of amides is 4. The number of unbranched alkanes of at least 4 members (excludes halogenated alkanes) is 1. The monoisotopic (exact) mass is 1240 g/mol. The summed E-state index contributed by atoms with van der Waals surface area (Å²) >= 11 is 0. The molecule has 1 aliphatic carbocycles. The number of aliphatic hydroxyl groups is 1.